The second-order valence-electron chi connectivity index (χ2n) is 5.03. The van der Waals surface area contributed by atoms with Crippen LogP contribution in [0.25, 0.3) is 0 Å². The smallest absolute Gasteiger partial charge is 0.330 e. The molecule has 0 saturated heterocycles. The van der Waals surface area contributed by atoms with E-state index in [0.717, 1.165) is 11.4 Å². The van der Waals surface area contributed by atoms with Crippen molar-refractivity contribution >= 4 is 21.7 Å². The molecule has 6 nitrogen and oxygen atoms in total. The monoisotopic (exact) mass is 349 g/mol. The van der Waals surface area contributed by atoms with Crippen molar-refractivity contribution in [3.63, 3.8) is 0 Å². The number of nitrogens with zero attached hydrogens (tertiary/aromatic N) is 1. The van der Waals surface area contributed by atoms with Crippen LogP contribution in [0.2, 0.25) is 0 Å². The van der Waals surface area contributed by atoms with Gasteiger partial charge in [-0.3, -0.25) is 9.10 Å². The maximum absolute atomic E-state index is 13.0. The number of para-hydroxylation sites is 1. The quantitative estimate of drug-likeness (QED) is 0.749. The number of methoxy groups -OCH3 is 2. The third-order valence-electron chi connectivity index (χ3n) is 3.61. The van der Waals surface area contributed by atoms with Crippen molar-refractivity contribution in [2.75, 3.05) is 25.6 Å². The molecular formula is C17H19NO5S. The van der Waals surface area contributed by atoms with E-state index in [1.165, 1.54) is 20.2 Å². The fourth-order valence-corrected chi connectivity index (χ4v) is 3.85. The van der Waals surface area contributed by atoms with Gasteiger partial charge in [0, 0.05) is 7.05 Å². The van der Waals surface area contributed by atoms with Crippen LogP contribution in [-0.4, -0.2) is 35.7 Å². The highest BCUT2D eigenvalue weighted by molar-refractivity contribution is 7.93. The molecule has 1 unspecified atom stereocenters. The second kappa shape index (κ2) is 7.35. The predicted octanol–water partition coefficient (Wildman–Crippen LogP) is 2.38. The van der Waals surface area contributed by atoms with Gasteiger partial charge in [0.25, 0.3) is 10.0 Å². The molecule has 0 fully saturated rings. The second-order valence-corrected chi connectivity index (χ2v) is 7.08. The molecule has 0 aliphatic carbocycles. The Labute approximate surface area is 141 Å². The fourth-order valence-electron chi connectivity index (χ4n) is 2.28. The molecule has 7 heteroatoms. The minimum atomic E-state index is -4.04. The Kier molecular flexibility index (Phi) is 5.46. The standard InChI is InChI=1S/C17H19NO5S/c1-18(14-9-5-4-6-10-14)24(20,21)16(17(19)23-3)13-8-7-11-15(12-13)22-2/h4-12,16H,1-3H3. The number of sulfonamides is 1. The van der Waals surface area contributed by atoms with Gasteiger partial charge in [0.05, 0.1) is 19.9 Å². The first kappa shape index (κ1) is 17.8. The first-order chi connectivity index (χ1) is 11.4. The van der Waals surface area contributed by atoms with E-state index < -0.39 is 21.2 Å². The molecule has 0 amide bonds. The number of esters is 1. The predicted molar refractivity (Wildman–Crippen MR) is 91.5 cm³/mol. The molecule has 1 atom stereocenters. The summed E-state index contributed by atoms with van der Waals surface area (Å²) in [5.74, 6) is -0.398. The molecular weight excluding hydrogens is 330 g/mol. The van der Waals surface area contributed by atoms with Crippen molar-refractivity contribution in [2.45, 2.75) is 5.25 Å². The summed E-state index contributed by atoms with van der Waals surface area (Å²) in [6.45, 7) is 0. The van der Waals surface area contributed by atoms with Gasteiger partial charge >= 0.3 is 5.97 Å². The van der Waals surface area contributed by atoms with Gasteiger partial charge in [-0.1, -0.05) is 30.3 Å². The minimum Gasteiger partial charge on any atom is -0.497 e. The van der Waals surface area contributed by atoms with Crippen molar-refractivity contribution in [3.05, 3.63) is 60.2 Å². The van der Waals surface area contributed by atoms with Crippen LogP contribution >= 0.6 is 0 Å². The molecule has 128 valence electrons. The molecule has 2 aromatic rings. The molecule has 0 radical (unpaired) electrons. The van der Waals surface area contributed by atoms with Gasteiger partial charge in [0.1, 0.15) is 5.75 Å². The normalized spacial score (nSPS) is 12.3. The average Bonchev–Trinajstić information content (AvgIpc) is 2.61. The zero-order valence-corrected chi connectivity index (χ0v) is 14.5. The lowest BCUT2D eigenvalue weighted by Crippen LogP contribution is -2.35. The lowest BCUT2D eigenvalue weighted by molar-refractivity contribution is -0.140. The number of hydrogen-bond acceptors (Lipinski definition) is 5. The highest BCUT2D eigenvalue weighted by Crippen LogP contribution is 2.31. The number of carbonyl (C=O) groups is 1. The zero-order valence-electron chi connectivity index (χ0n) is 13.7. The van der Waals surface area contributed by atoms with Gasteiger partial charge in [-0.05, 0) is 29.8 Å². The number of rotatable bonds is 6. The van der Waals surface area contributed by atoms with Crippen molar-refractivity contribution in [2.24, 2.45) is 0 Å². The van der Waals surface area contributed by atoms with Crippen LogP contribution in [0.4, 0.5) is 5.69 Å². The molecule has 0 saturated carbocycles. The number of benzene rings is 2. The van der Waals surface area contributed by atoms with Crippen LogP contribution in [0, 0.1) is 0 Å². The Balaban J connectivity index is 2.52. The number of ether oxygens (including phenoxy) is 2. The number of carbonyl (C=O) groups excluding carboxylic acids is 1. The van der Waals surface area contributed by atoms with Crippen molar-refractivity contribution < 1.29 is 22.7 Å². The average molecular weight is 349 g/mol. The van der Waals surface area contributed by atoms with Crippen LogP contribution in [0.5, 0.6) is 5.75 Å². The SMILES string of the molecule is COC(=O)C(c1cccc(OC)c1)S(=O)(=O)N(C)c1ccccc1. The highest BCUT2D eigenvalue weighted by atomic mass is 32.2. The van der Waals surface area contributed by atoms with Crippen LogP contribution in [0.3, 0.4) is 0 Å². The Morgan fingerprint density at radius 2 is 1.71 bits per heavy atom. The van der Waals surface area contributed by atoms with Gasteiger partial charge in [-0.15, -0.1) is 0 Å². The van der Waals surface area contributed by atoms with E-state index in [9.17, 15) is 13.2 Å². The van der Waals surface area contributed by atoms with Gasteiger partial charge in [0.2, 0.25) is 5.25 Å². The summed E-state index contributed by atoms with van der Waals surface area (Å²) in [6, 6.07) is 14.9. The molecule has 0 N–H and O–H groups in total. The van der Waals surface area contributed by atoms with Crippen LogP contribution in [0.15, 0.2) is 54.6 Å². The number of anilines is 1. The Morgan fingerprint density at radius 3 is 2.29 bits per heavy atom. The highest BCUT2D eigenvalue weighted by Gasteiger charge is 2.38. The molecule has 0 heterocycles. The third kappa shape index (κ3) is 3.51. The molecule has 0 aliphatic rings. The fraction of sp³-hybridized carbons (Fsp3) is 0.235. The maximum Gasteiger partial charge on any atom is 0.330 e. The Hall–Kier alpha value is -2.54. The third-order valence-corrected chi connectivity index (χ3v) is 5.65. The topological polar surface area (TPSA) is 72.9 Å². The van der Waals surface area contributed by atoms with E-state index in [4.69, 9.17) is 9.47 Å². The first-order valence-corrected chi connectivity index (χ1v) is 8.66. The summed E-state index contributed by atoms with van der Waals surface area (Å²) in [5, 5.41) is -1.48. The summed E-state index contributed by atoms with van der Waals surface area (Å²) >= 11 is 0. The largest absolute Gasteiger partial charge is 0.497 e. The molecule has 0 spiro atoms. The summed E-state index contributed by atoms with van der Waals surface area (Å²) in [6.07, 6.45) is 0. The van der Waals surface area contributed by atoms with Gasteiger partial charge in [-0.2, -0.15) is 0 Å². The van der Waals surface area contributed by atoms with Crippen molar-refractivity contribution in [1.29, 1.82) is 0 Å². The van der Waals surface area contributed by atoms with Gasteiger partial charge in [-0.25, -0.2) is 8.42 Å². The zero-order chi connectivity index (χ0) is 17.7. The number of hydrogen-bond donors (Lipinski definition) is 0. The van der Waals surface area contributed by atoms with Crippen molar-refractivity contribution in [1.82, 2.24) is 0 Å². The summed E-state index contributed by atoms with van der Waals surface area (Å²) in [4.78, 5) is 12.2. The molecule has 2 aromatic carbocycles. The lowest BCUT2D eigenvalue weighted by Gasteiger charge is -2.25. The molecule has 0 aromatic heterocycles. The van der Waals surface area contributed by atoms with E-state index in [1.54, 1.807) is 48.5 Å². The molecule has 0 aliphatic heterocycles. The molecule has 0 bridgehead atoms. The first-order valence-electron chi connectivity index (χ1n) is 7.16. The summed E-state index contributed by atoms with van der Waals surface area (Å²) in [5.41, 5.74) is 0.735. The molecule has 24 heavy (non-hydrogen) atoms. The Bertz CT molecular complexity index is 805. The minimum absolute atomic E-state index is 0.281. The van der Waals surface area contributed by atoms with Gasteiger partial charge in [0.15, 0.2) is 0 Å². The van der Waals surface area contributed by atoms with Crippen LogP contribution in [-0.2, 0) is 19.6 Å². The summed E-state index contributed by atoms with van der Waals surface area (Å²) < 4.78 is 37.0. The lowest BCUT2D eigenvalue weighted by atomic mass is 10.1. The van der Waals surface area contributed by atoms with Crippen LogP contribution in [0.1, 0.15) is 10.8 Å². The van der Waals surface area contributed by atoms with Crippen LogP contribution < -0.4 is 9.04 Å². The summed E-state index contributed by atoms with van der Waals surface area (Å²) in [7, 11) is -0.00734. The van der Waals surface area contributed by atoms with E-state index in [1.807, 2.05) is 0 Å². The van der Waals surface area contributed by atoms with Gasteiger partial charge < -0.3 is 9.47 Å². The van der Waals surface area contributed by atoms with E-state index in [-0.39, 0.29) is 5.56 Å². The van der Waals surface area contributed by atoms with Crippen molar-refractivity contribution in [3.8, 4) is 5.75 Å². The van der Waals surface area contributed by atoms with E-state index in [2.05, 4.69) is 0 Å². The maximum atomic E-state index is 13.0. The van der Waals surface area contributed by atoms with E-state index in [0.29, 0.717) is 11.4 Å². The molecule has 2 rings (SSSR count). The van der Waals surface area contributed by atoms with E-state index >= 15 is 0 Å². The Morgan fingerprint density at radius 1 is 1.04 bits per heavy atom.